The summed E-state index contributed by atoms with van der Waals surface area (Å²) < 4.78 is 19.0. The molecule has 0 aliphatic rings. The van der Waals surface area contributed by atoms with Crippen LogP contribution in [0, 0.1) is 5.82 Å². The average molecular weight is 517 g/mol. The topological polar surface area (TPSA) is 65.7 Å². The molecule has 1 aromatic heterocycles. The molecule has 1 aromatic carbocycles. The summed E-state index contributed by atoms with van der Waals surface area (Å²) >= 11 is 0. The van der Waals surface area contributed by atoms with Gasteiger partial charge in [-0.05, 0) is 38.7 Å². The minimum atomic E-state index is -0.232. The normalized spacial score (nSPS) is 13.2. The molecular weight excluding hydrogens is 484 g/mol. The molecule has 0 aliphatic carbocycles. The van der Waals surface area contributed by atoms with Crippen molar-refractivity contribution in [1.82, 2.24) is 20.5 Å². The van der Waals surface area contributed by atoms with Crippen LogP contribution >= 0.6 is 24.0 Å². The lowest BCUT2D eigenvalue weighted by molar-refractivity contribution is 0.298. The Morgan fingerprint density at radius 1 is 1.21 bits per heavy atom. The Morgan fingerprint density at radius 2 is 1.86 bits per heavy atom. The molecule has 0 spiro atoms. The number of hydrogen-bond acceptors (Lipinski definition) is 4. The van der Waals surface area contributed by atoms with Crippen LogP contribution in [0.25, 0.3) is 0 Å². The van der Waals surface area contributed by atoms with Gasteiger partial charge in [-0.25, -0.2) is 14.4 Å². The summed E-state index contributed by atoms with van der Waals surface area (Å²) in [6.45, 7) is 10.0. The summed E-state index contributed by atoms with van der Waals surface area (Å²) in [6.07, 6.45) is 1.77. The molecule has 1 atom stereocenters. The van der Waals surface area contributed by atoms with E-state index in [1.54, 1.807) is 6.20 Å². The van der Waals surface area contributed by atoms with E-state index in [-0.39, 0.29) is 41.3 Å². The molecule has 1 unspecified atom stereocenters. The van der Waals surface area contributed by atoms with E-state index in [9.17, 15) is 4.39 Å². The van der Waals surface area contributed by atoms with E-state index in [1.165, 1.54) is 12.1 Å². The minimum absolute atomic E-state index is 0. The van der Waals surface area contributed by atoms with Crippen molar-refractivity contribution in [2.75, 3.05) is 27.2 Å². The zero-order valence-electron chi connectivity index (χ0n) is 18.1. The van der Waals surface area contributed by atoms with Gasteiger partial charge in [0.25, 0.3) is 0 Å². The maximum Gasteiger partial charge on any atom is 0.216 e. The fraction of sp³-hybridized carbons (Fsp3) is 0.524. The Bertz CT molecular complexity index is 768. The molecule has 0 fully saturated rings. The monoisotopic (exact) mass is 517 g/mol. The number of nitrogens with zero attached hydrogens (tertiary/aromatic N) is 3. The van der Waals surface area contributed by atoms with Gasteiger partial charge in [0, 0.05) is 18.5 Å². The third kappa shape index (κ3) is 7.93. The molecule has 0 saturated heterocycles. The first kappa shape index (κ1) is 25.4. The second-order valence-electron chi connectivity index (χ2n) is 7.98. The van der Waals surface area contributed by atoms with Gasteiger partial charge in [0.15, 0.2) is 5.96 Å². The number of likely N-dealkylation sites (N-methyl/N-ethyl adjacent to an activating group) is 1. The first-order chi connectivity index (χ1) is 13.2. The van der Waals surface area contributed by atoms with Crippen molar-refractivity contribution >= 4 is 29.9 Å². The number of halogens is 2. The van der Waals surface area contributed by atoms with Gasteiger partial charge in [-0.2, -0.15) is 0 Å². The van der Waals surface area contributed by atoms with E-state index in [0.29, 0.717) is 24.9 Å². The summed E-state index contributed by atoms with van der Waals surface area (Å²) in [4.78, 5) is 11.0. The smallest absolute Gasteiger partial charge is 0.216 e. The van der Waals surface area contributed by atoms with Gasteiger partial charge in [0.1, 0.15) is 18.1 Å². The van der Waals surface area contributed by atoms with E-state index in [2.05, 4.69) is 46.3 Å². The Balaban J connectivity index is 0.00000420. The molecule has 6 nitrogen and oxygen atoms in total. The quantitative estimate of drug-likeness (QED) is 0.329. The number of nitrogens with one attached hydrogen (secondary N) is 2. The molecule has 2 N–H and O–H groups in total. The highest BCUT2D eigenvalue weighted by Gasteiger charge is 2.19. The number of oxazole rings is 1. The molecule has 2 rings (SSSR count). The highest BCUT2D eigenvalue weighted by Crippen LogP contribution is 2.23. The molecule has 0 saturated carbocycles. The summed E-state index contributed by atoms with van der Waals surface area (Å²) in [6, 6.07) is 6.68. The van der Waals surface area contributed by atoms with Gasteiger partial charge in [-0.15, -0.1) is 24.0 Å². The van der Waals surface area contributed by atoms with Gasteiger partial charge < -0.3 is 20.0 Å². The van der Waals surface area contributed by atoms with Gasteiger partial charge >= 0.3 is 0 Å². The number of aliphatic imine (C=N–C) groups is 1. The van der Waals surface area contributed by atoms with E-state index in [0.717, 1.165) is 17.9 Å². The van der Waals surface area contributed by atoms with Crippen LogP contribution in [0.4, 0.5) is 4.39 Å². The third-order valence-corrected chi connectivity index (χ3v) is 4.35. The van der Waals surface area contributed by atoms with Crippen LogP contribution in [0.3, 0.4) is 0 Å². The molecule has 162 valence electrons. The van der Waals surface area contributed by atoms with Crippen molar-refractivity contribution in [3.05, 3.63) is 53.5 Å². The zero-order valence-corrected chi connectivity index (χ0v) is 20.5. The van der Waals surface area contributed by atoms with Crippen molar-refractivity contribution in [2.24, 2.45) is 4.99 Å². The standard InChI is InChI=1S/C21H32FN5O.HI/c1-7-23-20(26-14-19-24-13-18(28-19)21(2,3)4)25-12-17(27(5)6)15-8-10-16(22)11-9-15;/h8-11,13,17H,7,12,14H2,1-6H3,(H2,23,25,26);1H. The summed E-state index contributed by atoms with van der Waals surface area (Å²) in [5.41, 5.74) is 0.962. The van der Waals surface area contributed by atoms with E-state index in [1.807, 2.05) is 33.2 Å². The molecule has 8 heteroatoms. The van der Waals surface area contributed by atoms with Crippen LogP contribution in [-0.4, -0.2) is 43.0 Å². The number of benzene rings is 1. The molecular formula is C21H33FIN5O. The summed E-state index contributed by atoms with van der Waals surface area (Å²) in [5, 5.41) is 6.59. The number of hydrogen-bond donors (Lipinski definition) is 2. The molecule has 0 bridgehead atoms. The zero-order chi connectivity index (χ0) is 20.7. The maximum absolute atomic E-state index is 13.2. The Hall–Kier alpha value is -1.68. The van der Waals surface area contributed by atoms with Crippen molar-refractivity contribution in [2.45, 2.75) is 45.7 Å². The van der Waals surface area contributed by atoms with Crippen LogP contribution in [0.1, 0.15) is 51.0 Å². The van der Waals surface area contributed by atoms with Crippen LogP contribution in [0.15, 0.2) is 39.9 Å². The van der Waals surface area contributed by atoms with Crippen LogP contribution in [0.2, 0.25) is 0 Å². The molecule has 0 aliphatic heterocycles. The second-order valence-corrected chi connectivity index (χ2v) is 7.98. The van der Waals surface area contributed by atoms with Crippen molar-refractivity contribution in [3.63, 3.8) is 0 Å². The molecule has 0 amide bonds. The highest BCUT2D eigenvalue weighted by molar-refractivity contribution is 14.0. The first-order valence-electron chi connectivity index (χ1n) is 9.60. The predicted molar refractivity (Wildman–Crippen MR) is 126 cm³/mol. The maximum atomic E-state index is 13.2. The van der Waals surface area contributed by atoms with Gasteiger partial charge in [0.2, 0.25) is 5.89 Å². The number of rotatable bonds is 7. The van der Waals surface area contributed by atoms with Crippen LogP contribution in [-0.2, 0) is 12.0 Å². The summed E-state index contributed by atoms with van der Waals surface area (Å²) in [7, 11) is 4.00. The second kappa shape index (κ2) is 11.5. The van der Waals surface area contributed by atoms with Crippen molar-refractivity contribution < 1.29 is 8.81 Å². The SMILES string of the molecule is CCNC(=NCc1ncc(C(C)(C)C)o1)NCC(c1ccc(F)cc1)N(C)C.I. The average Bonchev–Trinajstić information content (AvgIpc) is 3.10. The first-order valence-corrected chi connectivity index (χ1v) is 9.60. The van der Waals surface area contributed by atoms with E-state index >= 15 is 0 Å². The van der Waals surface area contributed by atoms with Gasteiger partial charge in [-0.3, -0.25) is 0 Å². The molecule has 2 aromatic rings. The fourth-order valence-corrected chi connectivity index (χ4v) is 2.70. The Morgan fingerprint density at radius 3 is 2.38 bits per heavy atom. The van der Waals surface area contributed by atoms with Gasteiger partial charge in [0.05, 0.1) is 12.2 Å². The molecule has 0 radical (unpaired) electrons. The minimum Gasteiger partial charge on any atom is -0.443 e. The van der Waals surface area contributed by atoms with Gasteiger partial charge in [-0.1, -0.05) is 32.9 Å². The van der Waals surface area contributed by atoms with Crippen LogP contribution < -0.4 is 10.6 Å². The Labute approximate surface area is 190 Å². The van der Waals surface area contributed by atoms with Crippen LogP contribution in [0.5, 0.6) is 0 Å². The lowest BCUT2D eigenvalue weighted by Gasteiger charge is -2.26. The highest BCUT2D eigenvalue weighted by atomic mass is 127. The van der Waals surface area contributed by atoms with Crippen molar-refractivity contribution in [3.8, 4) is 0 Å². The Kier molecular flexibility index (Phi) is 10.0. The lowest BCUT2D eigenvalue weighted by Crippen LogP contribution is -2.41. The van der Waals surface area contributed by atoms with E-state index in [4.69, 9.17) is 4.42 Å². The lowest BCUT2D eigenvalue weighted by atomic mass is 9.94. The predicted octanol–water partition coefficient (Wildman–Crippen LogP) is 4.09. The third-order valence-electron chi connectivity index (χ3n) is 4.35. The number of aromatic nitrogens is 1. The molecule has 29 heavy (non-hydrogen) atoms. The largest absolute Gasteiger partial charge is 0.443 e. The fourth-order valence-electron chi connectivity index (χ4n) is 2.70. The number of guanidine groups is 1. The molecule has 1 heterocycles. The van der Waals surface area contributed by atoms with Crippen molar-refractivity contribution in [1.29, 1.82) is 0 Å². The van der Waals surface area contributed by atoms with E-state index < -0.39 is 0 Å². The summed E-state index contributed by atoms with van der Waals surface area (Å²) in [5.74, 6) is 1.89.